The van der Waals surface area contributed by atoms with E-state index in [-0.39, 0.29) is 24.0 Å². The van der Waals surface area contributed by atoms with Gasteiger partial charge in [0, 0.05) is 24.0 Å². The van der Waals surface area contributed by atoms with E-state index in [0.717, 1.165) is 6.54 Å². The molecule has 3 rings (SSSR count). The molecule has 0 bridgehead atoms. The van der Waals surface area contributed by atoms with Gasteiger partial charge < -0.3 is 15.4 Å². The fourth-order valence-corrected chi connectivity index (χ4v) is 3.43. The standard InChI is InChI=1S/C19H23N3O3S/c1-13-12-25-14(2)10-22(13)11-18(23)20-15-5-7-16(8-6-15)21-19(24)17-4-3-9-26-17/h3-9,13-14H,10-12H2,1-2H3,(H,20,23)(H,21,24)/t13-,14-/m0/s1. The average Bonchev–Trinajstić information content (AvgIpc) is 3.14. The zero-order valence-corrected chi connectivity index (χ0v) is 15.7. The molecular weight excluding hydrogens is 350 g/mol. The average molecular weight is 373 g/mol. The molecule has 1 saturated heterocycles. The molecule has 1 aliphatic rings. The molecule has 2 aromatic rings. The Hall–Kier alpha value is -2.22. The molecule has 6 nitrogen and oxygen atoms in total. The van der Waals surface area contributed by atoms with Gasteiger partial charge in [-0.05, 0) is 49.6 Å². The number of thiophene rings is 1. The molecule has 0 saturated carbocycles. The second-order valence-electron chi connectivity index (χ2n) is 6.48. The summed E-state index contributed by atoms with van der Waals surface area (Å²) in [6.07, 6.45) is 0.144. The predicted octanol–water partition coefficient (Wildman–Crippen LogP) is 3.05. The highest BCUT2D eigenvalue weighted by molar-refractivity contribution is 7.12. The number of hydrogen-bond acceptors (Lipinski definition) is 5. The number of ether oxygens (including phenoxy) is 1. The maximum atomic E-state index is 12.3. The van der Waals surface area contributed by atoms with E-state index in [0.29, 0.717) is 29.4 Å². The molecule has 2 N–H and O–H groups in total. The van der Waals surface area contributed by atoms with E-state index in [9.17, 15) is 9.59 Å². The predicted molar refractivity (Wildman–Crippen MR) is 104 cm³/mol. The molecular formula is C19H23N3O3S. The molecule has 7 heteroatoms. The number of nitrogens with zero attached hydrogens (tertiary/aromatic N) is 1. The summed E-state index contributed by atoms with van der Waals surface area (Å²) in [5.74, 6) is -0.187. The van der Waals surface area contributed by atoms with Crippen molar-refractivity contribution in [3.63, 3.8) is 0 Å². The van der Waals surface area contributed by atoms with Gasteiger partial charge in [-0.2, -0.15) is 0 Å². The summed E-state index contributed by atoms with van der Waals surface area (Å²) in [6.45, 7) is 5.81. The summed E-state index contributed by atoms with van der Waals surface area (Å²) in [6, 6.07) is 11.0. The van der Waals surface area contributed by atoms with Crippen molar-refractivity contribution in [3.05, 3.63) is 46.7 Å². The highest BCUT2D eigenvalue weighted by Crippen LogP contribution is 2.17. The summed E-state index contributed by atoms with van der Waals surface area (Å²) in [5.41, 5.74) is 1.40. The van der Waals surface area contributed by atoms with E-state index >= 15 is 0 Å². The van der Waals surface area contributed by atoms with Gasteiger partial charge in [0.15, 0.2) is 0 Å². The van der Waals surface area contributed by atoms with E-state index in [2.05, 4.69) is 22.5 Å². The Bertz CT molecular complexity index is 746. The highest BCUT2D eigenvalue weighted by Gasteiger charge is 2.25. The Morgan fingerprint density at radius 1 is 1.15 bits per heavy atom. The van der Waals surface area contributed by atoms with Gasteiger partial charge in [-0.3, -0.25) is 14.5 Å². The first-order valence-corrected chi connectivity index (χ1v) is 9.49. The number of rotatable bonds is 5. The highest BCUT2D eigenvalue weighted by atomic mass is 32.1. The van der Waals surface area contributed by atoms with Crippen molar-refractivity contribution in [2.24, 2.45) is 0 Å². The monoisotopic (exact) mass is 373 g/mol. The van der Waals surface area contributed by atoms with E-state index < -0.39 is 0 Å². The third-order valence-electron chi connectivity index (χ3n) is 4.26. The van der Waals surface area contributed by atoms with Crippen molar-refractivity contribution in [1.82, 2.24) is 4.90 Å². The van der Waals surface area contributed by atoms with Gasteiger partial charge in [-0.1, -0.05) is 6.07 Å². The van der Waals surface area contributed by atoms with Crippen molar-refractivity contribution in [1.29, 1.82) is 0 Å². The Labute approximate surface area is 157 Å². The summed E-state index contributed by atoms with van der Waals surface area (Å²) < 4.78 is 5.58. The van der Waals surface area contributed by atoms with Gasteiger partial charge in [0.1, 0.15) is 0 Å². The Balaban J connectivity index is 1.52. The van der Waals surface area contributed by atoms with Crippen LogP contribution in [0.4, 0.5) is 11.4 Å². The second kappa shape index (κ2) is 8.44. The van der Waals surface area contributed by atoms with Crippen LogP contribution in [0.25, 0.3) is 0 Å². The SMILES string of the molecule is C[C@H]1CN(CC(=O)Nc2ccc(NC(=O)c3cccs3)cc2)[C@@H](C)CO1. The Kier molecular flexibility index (Phi) is 6.03. The molecule has 0 spiro atoms. The number of nitrogens with one attached hydrogen (secondary N) is 2. The summed E-state index contributed by atoms with van der Waals surface area (Å²) in [7, 11) is 0. The van der Waals surface area contributed by atoms with Crippen molar-refractivity contribution >= 4 is 34.5 Å². The van der Waals surface area contributed by atoms with E-state index in [1.54, 1.807) is 30.3 Å². The van der Waals surface area contributed by atoms with Gasteiger partial charge in [0.25, 0.3) is 5.91 Å². The first kappa shape index (κ1) is 18.6. The third kappa shape index (κ3) is 4.91. The lowest BCUT2D eigenvalue weighted by Gasteiger charge is -2.36. The molecule has 1 fully saturated rings. The molecule has 2 atom stereocenters. The number of anilines is 2. The molecule has 26 heavy (non-hydrogen) atoms. The molecule has 0 unspecified atom stereocenters. The quantitative estimate of drug-likeness (QED) is 0.845. The topological polar surface area (TPSA) is 70.7 Å². The Morgan fingerprint density at radius 3 is 2.50 bits per heavy atom. The molecule has 1 aromatic heterocycles. The fraction of sp³-hybridized carbons (Fsp3) is 0.368. The maximum Gasteiger partial charge on any atom is 0.265 e. The zero-order valence-electron chi connectivity index (χ0n) is 14.9. The van der Waals surface area contributed by atoms with Crippen LogP contribution >= 0.6 is 11.3 Å². The summed E-state index contributed by atoms with van der Waals surface area (Å²) in [4.78, 5) is 27.1. The van der Waals surface area contributed by atoms with Crippen LogP contribution in [0.2, 0.25) is 0 Å². The van der Waals surface area contributed by atoms with Crippen LogP contribution in [-0.2, 0) is 9.53 Å². The molecule has 0 aliphatic carbocycles. The third-order valence-corrected chi connectivity index (χ3v) is 5.12. The second-order valence-corrected chi connectivity index (χ2v) is 7.43. The van der Waals surface area contributed by atoms with Crippen LogP contribution in [0.15, 0.2) is 41.8 Å². The van der Waals surface area contributed by atoms with E-state index in [1.807, 2.05) is 18.4 Å². The Morgan fingerprint density at radius 2 is 1.85 bits per heavy atom. The normalized spacial score (nSPS) is 20.5. The van der Waals surface area contributed by atoms with E-state index in [4.69, 9.17) is 4.74 Å². The van der Waals surface area contributed by atoms with E-state index in [1.165, 1.54) is 11.3 Å². The van der Waals surface area contributed by atoms with Crippen molar-refractivity contribution in [2.75, 3.05) is 30.3 Å². The van der Waals surface area contributed by atoms with Crippen LogP contribution in [-0.4, -0.2) is 48.6 Å². The van der Waals surface area contributed by atoms with Crippen molar-refractivity contribution < 1.29 is 14.3 Å². The lowest BCUT2D eigenvalue weighted by molar-refractivity contribution is -0.121. The van der Waals surface area contributed by atoms with Crippen molar-refractivity contribution in [2.45, 2.75) is 26.0 Å². The van der Waals surface area contributed by atoms with Crippen molar-refractivity contribution in [3.8, 4) is 0 Å². The number of hydrogen-bond donors (Lipinski definition) is 2. The molecule has 0 radical (unpaired) electrons. The number of carbonyl (C=O) groups is 2. The first-order valence-electron chi connectivity index (χ1n) is 8.61. The van der Waals surface area contributed by atoms with Crippen LogP contribution in [0.3, 0.4) is 0 Å². The minimum Gasteiger partial charge on any atom is -0.376 e. The number of carbonyl (C=O) groups excluding carboxylic acids is 2. The first-order chi connectivity index (χ1) is 12.5. The molecule has 1 aliphatic heterocycles. The number of morpholine rings is 1. The summed E-state index contributed by atoms with van der Waals surface area (Å²) >= 11 is 1.40. The van der Waals surface area contributed by atoms with Gasteiger partial charge in [0.05, 0.1) is 24.1 Å². The van der Waals surface area contributed by atoms with Crippen LogP contribution in [0, 0.1) is 0 Å². The van der Waals surface area contributed by atoms with Crippen LogP contribution in [0.5, 0.6) is 0 Å². The molecule has 2 amide bonds. The fourth-order valence-electron chi connectivity index (χ4n) is 2.81. The lowest BCUT2D eigenvalue weighted by atomic mass is 10.2. The van der Waals surface area contributed by atoms with Gasteiger partial charge in [-0.15, -0.1) is 11.3 Å². The minimum atomic E-state index is -0.132. The van der Waals surface area contributed by atoms with Crippen LogP contribution in [0.1, 0.15) is 23.5 Å². The molecule has 138 valence electrons. The zero-order chi connectivity index (χ0) is 18.5. The smallest absolute Gasteiger partial charge is 0.265 e. The van der Waals surface area contributed by atoms with Gasteiger partial charge in [-0.25, -0.2) is 0 Å². The molecule has 1 aromatic carbocycles. The maximum absolute atomic E-state index is 12.3. The number of benzene rings is 1. The minimum absolute atomic E-state index is 0.0543. The lowest BCUT2D eigenvalue weighted by Crippen LogP contribution is -2.50. The summed E-state index contributed by atoms with van der Waals surface area (Å²) in [5, 5.41) is 7.60. The molecule has 2 heterocycles. The largest absolute Gasteiger partial charge is 0.376 e. The van der Waals surface area contributed by atoms with Gasteiger partial charge >= 0.3 is 0 Å². The van der Waals surface area contributed by atoms with Gasteiger partial charge in [0.2, 0.25) is 5.91 Å². The van der Waals surface area contributed by atoms with Crippen LogP contribution < -0.4 is 10.6 Å². The number of amides is 2.